The molecule has 0 saturated heterocycles. The van der Waals surface area contributed by atoms with Crippen LogP contribution in [0, 0.1) is 0 Å². The van der Waals surface area contributed by atoms with Crippen LogP contribution < -0.4 is 16.4 Å². The number of hydrogen-bond donors (Lipinski definition) is 0. The van der Waals surface area contributed by atoms with Gasteiger partial charge in [-0.3, -0.25) is 0 Å². The summed E-state index contributed by atoms with van der Waals surface area (Å²) < 4.78 is 5.25. The van der Waals surface area contributed by atoms with Crippen LogP contribution in [0.1, 0.15) is 78.0 Å². The minimum Gasteiger partial charge on any atom is -0.310 e. The molecule has 2 aliphatic rings. The molecule has 308 valence electrons. The van der Waals surface area contributed by atoms with Gasteiger partial charge in [0.05, 0.1) is 16.6 Å². The predicted octanol–water partition coefficient (Wildman–Crippen LogP) is 14.4. The molecule has 64 heavy (non-hydrogen) atoms. The van der Waals surface area contributed by atoms with Gasteiger partial charge >= 0.3 is 0 Å². The molecule has 0 spiro atoms. The fraction of sp³-hybridized carbons (Fsp3) is 0.180. The van der Waals surface area contributed by atoms with E-state index < -0.39 is 0 Å². The van der Waals surface area contributed by atoms with E-state index in [1.54, 1.807) is 0 Å². The summed E-state index contributed by atoms with van der Waals surface area (Å²) in [6.07, 6.45) is 0. The highest BCUT2D eigenvalue weighted by molar-refractivity contribution is 7.00. The summed E-state index contributed by atoms with van der Waals surface area (Å²) in [7, 11) is 0. The Kier molecular flexibility index (Phi) is 7.59. The molecule has 11 aromatic rings. The molecule has 0 unspecified atom stereocenters. The van der Waals surface area contributed by atoms with Crippen molar-refractivity contribution in [3.63, 3.8) is 0 Å². The van der Waals surface area contributed by atoms with Crippen molar-refractivity contribution in [3.05, 3.63) is 174 Å². The van der Waals surface area contributed by atoms with Crippen molar-refractivity contribution in [3.8, 4) is 33.6 Å². The Morgan fingerprint density at radius 1 is 0.422 bits per heavy atom. The highest BCUT2D eigenvalue weighted by atomic mass is 15.0. The molecule has 2 aromatic heterocycles. The van der Waals surface area contributed by atoms with Crippen LogP contribution in [0.4, 0.5) is 0 Å². The van der Waals surface area contributed by atoms with Crippen LogP contribution in [0.25, 0.3) is 98.8 Å². The normalized spacial score (nSPS) is 13.4. The lowest BCUT2D eigenvalue weighted by atomic mass is 9.34. The Morgan fingerprint density at radius 3 is 1.72 bits per heavy atom. The average molecular weight is 823 g/mol. The number of hydrogen-bond acceptors (Lipinski definition) is 0. The molecule has 2 aliphatic heterocycles. The number of aromatic nitrogens is 2. The highest BCUT2D eigenvalue weighted by Gasteiger charge is 2.41. The zero-order chi connectivity index (χ0) is 43.6. The molecular formula is C61H51BN2. The van der Waals surface area contributed by atoms with E-state index in [0.717, 1.165) is 0 Å². The fourth-order valence-electron chi connectivity index (χ4n) is 11.6. The van der Waals surface area contributed by atoms with Crippen molar-refractivity contribution in [1.82, 2.24) is 9.13 Å². The van der Waals surface area contributed by atoms with Crippen LogP contribution in [-0.2, 0) is 10.8 Å². The van der Waals surface area contributed by atoms with Crippen LogP contribution in [0.5, 0.6) is 0 Å². The first-order chi connectivity index (χ1) is 30.8. The first-order valence-electron chi connectivity index (χ1n) is 23.2. The second kappa shape index (κ2) is 12.9. The maximum atomic E-state index is 2.64. The Hall–Kier alpha value is -6.84. The number of benzene rings is 9. The maximum absolute atomic E-state index is 2.64. The highest BCUT2D eigenvalue weighted by Crippen LogP contribution is 2.45. The zero-order valence-corrected chi connectivity index (χ0v) is 38.1. The molecule has 0 N–H and O–H groups in total. The Bertz CT molecular complexity index is 3810. The third-order valence-electron chi connectivity index (χ3n) is 15.0. The first kappa shape index (κ1) is 37.7. The Labute approximate surface area is 375 Å². The summed E-state index contributed by atoms with van der Waals surface area (Å²) >= 11 is 0. The molecule has 9 aromatic carbocycles. The standard InChI is InChI=1S/C61H51BN2/c1-35(2)39-22-28-46-54(34-39)64-53-15-11-14-52-57(53)62(50-32-41-17-16-38-12-9-10-13-45(38)55(41)56(46)59(50)64)49-33-42(37-20-26-44(27-21-37)61(6,7)8)31-48-47-30-40(23-29-51(47)63(52)58(48)49)36-18-24-43(25-19-36)60(3,4)5/h9-35H,1-8H3. The second-order valence-electron chi connectivity index (χ2n) is 21.2. The molecule has 3 heteroatoms. The van der Waals surface area contributed by atoms with Crippen LogP contribution in [0.2, 0.25) is 0 Å². The van der Waals surface area contributed by atoms with Gasteiger partial charge < -0.3 is 9.13 Å². The van der Waals surface area contributed by atoms with Crippen molar-refractivity contribution in [2.24, 2.45) is 0 Å². The van der Waals surface area contributed by atoms with E-state index in [9.17, 15) is 0 Å². The molecule has 0 atom stereocenters. The van der Waals surface area contributed by atoms with Gasteiger partial charge in [-0.25, -0.2) is 0 Å². The first-order valence-corrected chi connectivity index (χ1v) is 23.2. The van der Waals surface area contributed by atoms with Gasteiger partial charge in [-0.05, 0) is 130 Å². The number of fused-ring (bicyclic) bond motifs is 14. The van der Waals surface area contributed by atoms with Crippen LogP contribution in [0.15, 0.2) is 158 Å². The van der Waals surface area contributed by atoms with Crippen molar-refractivity contribution >= 4 is 88.3 Å². The summed E-state index contributed by atoms with van der Waals surface area (Å²) in [6, 6.07) is 61.4. The lowest BCUT2D eigenvalue weighted by Gasteiger charge is -2.34. The van der Waals surface area contributed by atoms with Gasteiger partial charge in [-0.15, -0.1) is 0 Å². The molecule has 13 rings (SSSR count). The lowest BCUT2D eigenvalue weighted by molar-refractivity contribution is 0.590. The molecule has 0 fully saturated rings. The van der Waals surface area contributed by atoms with Gasteiger partial charge in [0.15, 0.2) is 0 Å². The maximum Gasteiger partial charge on any atom is 0.252 e. The third-order valence-corrected chi connectivity index (χ3v) is 15.0. The summed E-state index contributed by atoms with van der Waals surface area (Å²) in [4.78, 5) is 0. The van der Waals surface area contributed by atoms with Gasteiger partial charge in [0.25, 0.3) is 6.71 Å². The van der Waals surface area contributed by atoms with Crippen molar-refractivity contribution in [2.45, 2.75) is 72.1 Å². The smallest absolute Gasteiger partial charge is 0.252 e. The van der Waals surface area contributed by atoms with Crippen molar-refractivity contribution in [2.75, 3.05) is 0 Å². The van der Waals surface area contributed by atoms with E-state index in [4.69, 9.17) is 0 Å². The van der Waals surface area contributed by atoms with Crippen LogP contribution in [-0.4, -0.2) is 15.8 Å². The van der Waals surface area contributed by atoms with Gasteiger partial charge in [-0.2, -0.15) is 0 Å². The molecule has 0 aliphatic carbocycles. The minimum atomic E-state index is 0.0310. The average Bonchev–Trinajstić information content (AvgIpc) is 3.81. The van der Waals surface area contributed by atoms with E-state index in [0.29, 0.717) is 5.92 Å². The molecular weight excluding hydrogens is 771 g/mol. The van der Waals surface area contributed by atoms with Gasteiger partial charge in [0.2, 0.25) is 0 Å². The minimum absolute atomic E-state index is 0.0310. The zero-order valence-electron chi connectivity index (χ0n) is 38.1. The summed E-state index contributed by atoms with van der Waals surface area (Å²) in [5.41, 5.74) is 21.2. The topological polar surface area (TPSA) is 9.86 Å². The summed E-state index contributed by atoms with van der Waals surface area (Å²) in [5, 5.41) is 10.5. The number of nitrogens with zero attached hydrogens (tertiary/aromatic N) is 2. The van der Waals surface area contributed by atoms with Crippen LogP contribution in [0.3, 0.4) is 0 Å². The lowest BCUT2D eigenvalue weighted by Crippen LogP contribution is -2.59. The molecule has 0 saturated carbocycles. The van der Waals surface area contributed by atoms with E-state index in [2.05, 4.69) is 222 Å². The summed E-state index contributed by atoms with van der Waals surface area (Å²) in [5.74, 6) is 0.414. The van der Waals surface area contributed by atoms with E-state index in [1.165, 1.54) is 132 Å². The van der Waals surface area contributed by atoms with Crippen LogP contribution >= 0.6 is 0 Å². The third kappa shape index (κ3) is 5.16. The fourth-order valence-corrected chi connectivity index (χ4v) is 11.6. The predicted molar refractivity (Wildman–Crippen MR) is 277 cm³/mol. The van der Waals surface area contributed by atoms with Gasteiger partial charge in [0, 0.05) is 38.4 Å². The quantitative estimate of drug-likeness (QED) is 0.124. The van der Waals surface area contributed by atoms with Crippen molar-refractivity contribution in [1.29, 1.82) is 0 Å². The van der Waals surface area contributed by atoms with E-state index in [1.807, 2.05) is 0 Å². The molecule has 0 amide bonds. The van der Waals surface area contributed by atoms with Gasteiger partial charge in [0.1, 0.15) is 0 Å². The van der Waals surface area contributed by atoms with Gasteiger partial charge in [-0.1, -0.05) is 177 Å². The largest absolute Gasteiger partial charge is 0.310 e. The molecule has 0 radical (unpaired) electrons. The van der Waals surface area contributed by atoms with E-state index in [-0.39, 0.29) is 17.5 Å². The van der Waals surface area contributed by atoms with E-state index >= 15 is 0 Å². The molecule has 0 bridgehead atoms. The van der Waals surface area contributed by atoms with Crippen molar-refractivity contribution < 1.29 is 0 Å². The SMILES string of the molecule is CC(C)c1ccc2c3c4c(ccc5ccccc54)cc4c3n(c2c1)-c1cccc2c1B4c1cc(-c3ccc(C(C)(C)C)cc3)cc3c4cc(-c5ccc(C(C)(C)C)cc5)ccc4n-2c13. The monoisotopic (exact) mass is 822 g/mol. The Morgan fingerprint density at radius 2 is 1.03 bits per heavy atom. The molecule has 4 heterocycles. The number of rotatable bonds is 3. The second-order valence-corrected chi connectivity index (χ2v) is 21.2. The Balaban J connectivity index is 1.17. The summed E-state index contributed by atoms with van der Waals surface area (Å²) in [6.45, 7) is 18.4. The molecule has 2 nitrogen and oxygen atoms in total.